The molecule has 3 aromatic carbocycles. The zero-order chi connectivity index (χ0) is 22.8. The van der Waals surface area contributed by atoms with Gasteiger partial charge in [0.2, 0.25) is 5.82 Å². The Morgan fingerprint density at radius 2 is 1.55 bits per heavy atom. The second-order valence-corrected chi connectivity index (χ2v) is 8.88. The summed E-state index contributed by atoms with van der Waals surface area (Å²) in [5.41, 5.74) is 3.18. The Balaban J connectivity index is 1.37. The largest absolute Gasteiger partial charge is 0.490 e. The highest BCUT2D eigenvalue weighted by molar-refractivity contribution is 6.05. The summed E-state index contributed by atoms with van der Waals surface area (Å²) in [6.07, 6.45) is 4.37. The number of furan rings is 1. The Hall–Kier alpha value is -2.92. The molecule has 1 fully saturated rings. The van der Waals surface area contributed by atoms with Crippen LogP contribution in [-0.2, 0) is 24.0 Å². The van der Waals surface area contributed by atoms with Gasteiger partial charge in [-0.2, -0.15) is 4.39 Å². The van der Waals surface area contributed by atoms with E-state index in [2.05, 4.69) is 31.2 Å². The van der Waals surface area contributed by atoms with Crippen molar-refractivity contribution in [1.82, 2.24) is 0 Å². The molecular formula is C28H28F2O3. The van der Waals surface area contributed by atoms with Crippen LogP contribution in [0.3, 0.4) is 0 Å². The minimum absolute atomic E-state index is 0.0349. The summed E-state index contributed by atoms with van der Waals surface area (Å²) in [5, 5.41) is 1.13. The average molecular weight is 451 g/mol. The third-order valence-electron chi connectivity index (χ3n) is 6.48. The van der Waals surface area contributed by atoms with Crippen LogP contribution in [0.1, 0.15) is 36.5 Å². The van der Waals surface area contributed by atoms with Gasteiger partial charge in [-0.1, -0.05) is 43.7 Å². The van der Waals surface area contributed by atoms with Gasteiger partial charge in [-0.3, -0.25) is 0 Å². The van der Waals surface area contributed by atoms with E-state index in [0.29, 0.717) is 42.6 Å². The van der Waals surface area contributed by atoms with E-state index in [1.54, 1.807) is 18.2 Å². The molecule has 1 aromatic heterocycles. The molecule has 0 amide bonds. The molecule has 1 saturated heterocycles. The number of ether oxygens (including phenoxy) is 2. The zero-order valence-electron chi connectivity index (χ0n) is 18.8. The molecule has 5 rings (SSSR count). The van der Waals surface area contributed by atoms with Crippen molar-refractivity contribution in [3.8, 4) is 5.75 Å². The van der Waals surface area contributed by atoms with Gasteiger partial charge in [0.1, 0.15) is 0 Å². The van der Waals surface area contributed by atoms with Crippen molar-refractivity contribution in [3.05, 3.63) is 76.9 Å². The number of hydrogen-bond donors (Lipinski definition) is 0. The fraction of sp³-hybridized carbons (Fsp3) is 0.357. The SMILES string of the molecule is CCCc1ccc(CCc2ccc3c(oc4c(F)c(OCC5CCOC5)ccc43)c2F)cc1. The highest BCUT2D eigenvalue weighted by atomic mass is 19.1. The third-order valence-corrected chi connectivity index (χ3v) is 6.48. The Morgan fingerprint density at radius 3 is 2.24 bits per heavy atom. The van der Waals surface area contributed by atoms with Crippen LogP contribution >= 0.6 is 0 Å². The van der Waals surface area contributed by atoms with Crippen LogP contribution in [0.5, 0.6) is 5.75 Å². The van der Waals surface area contributed by atoms with Crippen LogP contribution in [0.15, 0.2) is 52.9 Å². The van der Waals surface area contributed by atoms with Crippen LogP contribution in [-0.4, -0.2) is 19.8 Å². The van der Waals surface area contributed by atoms with E-state index in [9.17, 15) is 0 Å². The molecule has 1 aliphatic heterocycles. The molecule has 172 valence electrons. The molecule has 0 N–H and O–H groups in total. The van der Waals surface area contributed by atoms with Crippen molar-refractivity contribution < 1.29 is 22.7 Å². The molecule has 2 heterocycles. The summed E-state index contributed by atoms with van der Waals surface area (Å²) in [7, 11) is 0. The van der Waals surface area contributed by atoms with E-state index in [-0.39, 0.29) is 22.8 Å². The van der Waals surface area contributed by atoms with Crippen LogP contribution in [0.2, 0.25) is 0 Å². The van der Waals surface area contributed by atoms with E-state index in [0.717, 1.165) is 25.7 Å². The minimum atomic E-state index is -0.587. The normalized spacial score (nSPS) is 16.2. The highest BCUT2D eigenvalue weighted by Crippen LogP contribution is 2.36. The summed E-state index contributed by atoms with van der Waals surface area (Å²) in [6.45, 7) is 3.90. The summed E-state index contributed by atoms with van der Waals surface area (Å²) in [4.78, 5) is 0. The Bertz CT molecular complexity index is 1250. The summed E-state index contributed by atoms with van der Waals surface area (Å²) < 4.78 is 47.1. The van der Waals surface area contributed by atoms with Crippen LogP contribution < -0.4 is 4.74 Å². The van der Waals surface area contributed by atoms with Gasteiger partial charge in [0, 0.05) is 23.3 Å². The zero-order valence-corrected chi connectivity index (χ0v) is 18.8. The second kappa shape index (κ2) is 9.52. The molecule has 0 saturated carbocycles. The highest BCUT2D eigenvalue weighted by Gasteiger charge is 2.21. The second-order valence-electron chi connectivity index (χ2n) is 8.88. The predicted molar refractivity (Wildman–Crippen MR) is 126 cm³/mol. The topological polar surface area (TPSA) is 31.6 Å². The fourth-order valence-corrected chi connectivity index (χ4v) is 4.53. The van der Waals surface area contributed by atoms with Crippen LogP contribution in [0.4, 0.5) is 8.78 Å². The number of benzene rings is 3. The Kier molecular flexibility index (Phi) is 6.32. The quantitative estimate of drug-likeness (QED) is 0.289. The van der Waals surface area contributed by atoms with E-state index < -0.39 is 11.6 Å². The summed E-state index contributed by atoms with van der Waals surface area (Å²) in [5.74, 6) is -0.619. The first-order chi connectivity index (χ1) is 16.1. The molecule has 1 atom stereocenters. The molecule has 5 heteroatoms. The van der Waals surface area contributed by atoms with Crippen molar-refractivity contribution in [1.29, 1.82) is 0 Å². The number of hydrogen-bond acceptors (Lipinski definition) is 3. The van der Waals surface area contributed by atoms with Gasteiger partial charge < -0.3 is 13.9 Å². The number of rotatable bonds is 8. The lowest BCUT2D eigenvalue weighted by Crippen LogP contribution is -2.12. The van der Waals surface area contributed by atoms with Gasteiger partial charge in [-0.15, -0.1) is 0 Å². The number of halogens is 2. The maximum absolute atomic E-state index is 15.3. The third kappa shape index (κ3) is 4.47. The Morgan fingerprint density at radius 1 is 0.848 bits per heavy atom. The smallest absolute Gasteiger partial charge is 0.208 e. The molecule has 3 nitrogen and oxygen atoms in total. The van der Waals surface area contributed by atoms with Crippen molar-refractivity contribution in [2.24, 2.45) is 5.92 Å². The monoisotopic (exact) mass is 450 g/mol. The van der Waals surface area contributed by atoms with Gasteiger partial charge in [0.05, 0.1) is 13.2 Å². The first-order valence-corrected chi connectivity index (χ1v) is 11.7. The van der Waals surface area contributed by atoms with E-state index in [4.69, 9.17) is 13.9 Å². The molecule has 33 heavy (non-hydrogen) atoms. The average Bonchev–Trinajstić information content (AvgIpc) is 3.48. The number of fused-ring (bicyclic) bond motifs is 3. The van der Waals surface area contributed by atoms with Gasteiger partial charge in [0.25, 0.3) is 0 Å². The van der Waals surface area contributed by atoms with Gasteiger partial charge >= 0.3 is 0 Å². The lowest BCUT2D eigenvalue weighted by Gasteiger charge is -2.10. The molecular weight excluding hydrogens is 422 g/mol. The predicted octanol–water partition coefficient (Wildman–Crippen LogP) is 7.02. The van der Waals surface area contributed by atoms with Crippen molar-refractivity contribution >= 4 is 21.9 Å². The van der Waals surface area contributed by atoms with Crippen LogP contribution in [0.25, 0.3) is 21.9 Å². The van der Waals surface area contributed by atoms with Crippen molar-refractivity contribution in [2.75, 3.05) is 19.8 Å². The summed E-state index contributed by atoms with van der Waals surface area (Å²) >= 11 is 0. The Labute approximate surface area is 192 Å². The standard InChI is InChI=1S/C28H28F2O3/c1-2-3-18-4-6-19(7-5-18)8-9-21-10-11-22-23-12-13-24(32-17-20-14-15-31-16-20)26(30)28(23)33-27(22)25(21)29/h4-7,10-13,20H,2-3,8-9,14-17H2,1H3. The van der Waals surface area contributed by atoms with Gasteiger partial charge in [-0.25, -0.2) is 4.39 Å². The molecule has 1 unspecified atom stereocenters. The van der Waals surface area contributed by atoms with Gasteiger partial charge in [-0.05, 0) is 60.6 Å². The van der Waals surface area contributed by atoms with E-state index in [1.807, 2.05) is 6.07 Å². The molecule has 4 aromatic rings. The lowest BCUT2D eigenvalue weighted by atomic mass is 10.0. The van der Waals surface area contributed by atoms with Crippen LogP contribution in [0, 0.1) is 17.6 Å². The summed E-state index contributed by atoms with van der Waals surface area (Å²) in [6, 6.07) is 15.4. The first kappa shape index (κ1) is 21.9. The van der Waals surface area contributed by atoms with Crippen molar-refractivity contribution in [2.45, 2.75) is 39.0 Å². The fourth-order valence-electron chi connectivity index (χ4n) is 4.53. The maximum atomic E-state index is 15.3. The molecule has 0 spiro atoms. The molecule has 0 aliphatic carbocycles. The maximum Gasteiger partial charge on any atom is 0.208 e. The molecule has 0 radical (unpaired) electrons. The van der Waals surface area contributed by atoms with Crippen molar-refractivity contribution in [3.63, 3.8) is 0 Å². The van der Waals surface area contributed by atoms with Gasteiger partial charge in [0.15, 0.2) is 22.7 Å². The first-order valence-electron chi connectivity index (χ1n) is 11.7. The lowest BCUT2D eigenvalue weighted by molar-refractivity contribution is 0.165. The minimum Gasteiger partial charge on any atom is -0.490 e. The number of aryl methyl sites for hydroxylation is 3. The van der Waals surface area contributed by atoms with E-state index >= 15 is 8.78 Å². The van der Waals surface area contributed by atoms with E-state index in [1.165, 1.54) is 11.1 Å². The molecule has 1 aliphatic rings. The molecule has 0 bridgehead atoms.